The third-order valence-corrected chi connectivity index (χ3v) is 9.52. The van der Waals surface area contributed by atoms with E-state index in [4.69, 9.17) is 46.4 Å². The van der Waals surface area contributed by atoms with Crippen molar-refractivity contribution in [1.82, 2.24) is 0 Å². The summed E-state index contributed by atoms with van der Waals surface area (Å²) in [5.41, 5.74) is 3.22. The van der Waals surface area contributed by atoms with Crippen LogP contribution in [0, 0.1) is 0 Å². The first-order chi connectivity index (χ1) is 21.2. The van der Waals surface area contributed by atoms with Gasteiger partial charge in [0.15, 0.2) is 0 Å². The Kier molecular flexibility index (Phi) is 9.60. The van der Waals surface area contributed by atoms with Gasteiger partial charge in [0.2, 0.25) is 0 Å². The van der Waals surface area contributed by atoms with Crippen molar-refractivity contribution < 1.29 is 25.9 Å². The van der Waals surface area contributed by atoms with Gasteiger partial charge in [0.05, 0.1) is 36.4 Å². The molecule has 0 unspecified atom stereocenters. The van der Waals surface area contributed by atoms with Crippen molar-refractivity contribution >= 4 is 95.0 Å². The number of hydrogen-bond donors (Lipinski definition) is 3. The Labute approximate surface area is 279 Å². The number of rotatable bonds is 7. The smallest absolute Gasteiger partial charge is 0.295 e. The fraction of sp³-hybridized carbons (Fsp3) is 0. The van der Waals surface area contributed by atoms with Crippen molar-refractivity contribution in [3.63, 3.8) is 0 Å². The van der Waals surface area contributed by atoms with Crippen LogP contribution in [0.4, 0.5) is 17.1 Å². The van der Waals surface area contributed by atoms with Gasteiger partial charge >= 0.3 is 0 Å². The van der Waals surface area contributed by atoms with E-state index < -0.39 is 30.0 Å². The summed E-state index contributed by atoms with van der Waals surface area (Å²) < 4.78 is 68.4. The number of aliphatic imine (C=N–C) groups is 1. The van der Waals surface area contributed by atoms with Gasteiger partial charge in [-0.25, -0.2) is 4.99 Å². The van der Waals surface area contributed by atoms with Gasteiger partial charge in [-0.2, -0.15) is 16.8 Å². The molecule has 4 aromatic rings. The quantitative estimate of drug-likeness (QED) is 0.162. The SMILES string of the molecule is O=S(=O)(O)c1ccc(C(=C2C=CC(=Nc3c(Cl)cccc3Cl)C=C2)c2ccc(Nc3c(Cl)cccc3Cl)cc2)c(S(=O)(=O)O)c1. The van der Waals surface area contributed by atoms with Gasteiger partial charge in [-0.3, -0.25) is 9.11 Å². The lowest BCUT2D eigenvalue weighted by Crippen LogP contribution is -2.08. The van der Waals surface area contributed by atoms with Crippen LogP contribution < -0.4 is 5.32 Å². The summed E-state index contributed by atoms with van der Waals surface area (Å²) in [4.78, 5) is 3.08. The summed E-state index contributed by atoms with van der Waals surface area (Å²) in [6.45, 7) is 0. The second kappa shape index (κ2) is 13.1. The van der Waals surface area contributed by atoms with Gasteiger partial charge in [-0.1, -0.05) is 88.9 Å². The molecule has 45 heavy (non-hydrogen) atoms. The van der Waals surface area contributed by atoms with Gasteiger partial charge < -0.3 is 5.32 Å². The number of nitrogens with one attached hydrogen (secondary N) is 1. The Morgan fingerprint density at radius 2 is 1.22 bits per heavy atom. The number of halogens is 4. The highest BCUT2D eigenvalue weighted by Gasteiger charge is 2.24. The Morgan fingerprint density at radius 3 is 1.76 bits per heavy atom. The number of para-hydroxylation sites is 2. The zero-order chi connectivity index (χ0) is 32.5. The van der Waals surface area contributed by atoms with Crippen LogP contribution >= 0.6 is 46.4 Å². The summed E-state index contributed by atoms with van der Waals surface area (Å²) in [6, 6.07) is 19.8. The lowest BCUT2D eigenvalue weighted by Gasteiger charge is -2.18. The second-order valence-corrected chi connectivity index (χ2v) is 14.0. The number of nitrogens with zero attached hydrogens (tertiary/aromatic N) is 1. The first-order valence-electron chi connectivity index (χ1n) is 12.8. The number of anilines is 2. The van der Waals surface area contributed by atoms with E-state index in [-0.39, 0.29) is 5.56 Å². The molecule has 0 aliphatic heterocycles. The highest BCUT2D eigenvalue weighted by Crippen LogP contribution is 2.38. The molecule has 4 aromatic carbocycles. The molecule has 3 N–H and O–H groups in total. The molecule has 5 rings (SSSR count). The Hall–Kier alpha value is -3.45. The van der Waals surface area contributed by atoms with Crippen molar-refractivity contribution in [3.8, 4) is 0 Å². The highest BCUT2D eigenvalue weighted by molar-refractivity contribution is 7.86. The van der Waals surface area contributed by atoms with Crippen LogP contribution in [0.3, 0.4) is 0 Å². The molecule has 0 heterocycles. The zero-order valence-corrected chi connectivity index (χ0v) is 27.3. The molecule has 0 saturated heterocycles. The van der Waals surface area contributed by atoms with Gasteiger partial charge in [0.1, 0.15) is 10.6 Å². The van der Waals surface area contributed by atoms with Crippen molar-refractivity contribution in [1.29, 1.82) is 0 Å². The maximum Gasteiger partial charge on any atom is 0.295 e. The average molecular weight is 722 g/mol. The van der Waals surface area contributed by atoms with E-state index >= 15 is 0 Å². The maximum absolute atomic E-state index is 12.5. The average Bonchev–Trinajstić information content (AvgIpc) is 2.98. The Morgan fingerprint density at radius 1 is 0.667 bits per heavy atom. The fourth-order valence-electron chi connectivity index (χ4n) is 4.47. The van der Waals surface area contributed by atoms with Crippen LogP contribution in [-0.2, 0) is 20.2 Å². The first-order valence-corrected chi connectivity index (χ1v) is 17.2. The molecule has 230 valence electrons. The highest BCUT2D eigenvalue weighted by atomic mass is 35.5. The summed E-state index contributed by atoms with van der Waals surface area (Å²) in [5.74, 6) is 0. The van der Waals surface area contributed by atoms with E-state index in [0.717, 1.165) is 6.07 Å². The minimum atomic E-state index is -4.98. The summed E-state index contributed by atoms with van der Waals surface area (Å²) in [5, 5.41) is 4.65. The Bertz CT molecular complexity index is 2120. The molecule has 1 aliphatic rings. The fourth-order valence-corrected chi connectivity index (χ4v) is 6.75. The zero-order valence-electron chi connectivity index (χ0n) is 22.6. The van der Waals surface area contributed by atoms with Crippen molar-refractivity contribution in [2.75, 3.05) is 5.32 Å². The standard InChI is InChI=1S/C31H20Cl4N2O6S2/c32-24-3-1-4-25(33)30(24)36-20-11-7-18(8-12-20)29(23-16-15-22(44(38,39)40)17-28(23)45(41,42)43)19-9-13-21(14-10-19)37-31-26(34)5-2-6-27(31)35/h1-17,36H,(H,38,39,40)(H,41,42,43). The predicted octanol–water partition coefficient (Wildman–Crippen LogP) is 9.24. The molecule has 1 aliphatic carbocycles. The molecule has 0 bridgehead atoms. The largest absolute Gasteiger partial charge is 0.353 e. The maximum atomic E-state index is 12.5. The molecule has 0 atom stereocenters. The third-order valence-electron chi connectivity index (χ3n) is 6.54. The van der Waals surface area contributed by atoms with E-state index in [1.807, 2.05) is 0 Å². The summed E-state index contributed by atoms with van der Waals surface area (Å²) in [7, 11) is -9.77. The van der Waals surface area contributed by atoms with Crippen LogP contribution in [0.1, 0.15) is 11.1 Å². The lowest BCUT2D eigenvalue weighted by molar-refractivity contribution is 0.481. The monoisotopic (exact) mass is 720 g/mol. The molecule has 0 amide bonds. The number of benzene rings is 4. The minimum absolute atomic E-state index is 0.0291. The minimum Gasteiger partial charge on any atom is -0.353 e. The van der Waals surface area contributed by atoms with Crippen molar-refractivity contribution in [3.05, 3.63) is 140 Å². The molecular formula is C31H20Cl4N2O6S2. The van der Waals surface area contributed by atoms with Crippen LogP contribution in [0.2, 0.25) is 20.1 Å². The molecule has 14 heteroatoms. The van der Waals surface area contributed by atoms with Gasteiger partial charge in [0, 0.05) is 11.3 Å². The van der Waals surface area contributed by atoms with Gasteiger partial charge in [-0.15, -0.1) is 0 Å². The van der Waals surface area contributed by atoms with Crippen LogP contribution in [0.5, 0.6) is 0 Å². The summed E-state index contributed by atoms with van der Waals surface area (Å²) >= 11 is 25.1. The van der Waals surface area contributed by atoms with E-state index in [1.54, 1.807) is 85.0 Å². The van der Waals surface area contributed by atoms with E-state index in [1.165, 1.54) is 6.07 Å². The molecule has 0 fully saturated rings. The van der Waals surface area contributed by atoms with Crippen molar-refractivity contribution in [2.45, 2.75) is 9.79 Å². The van der Waals surface area contributed by atoms with E-state index in [0.29, 0.717) is 65.6 Å². The normalized spacial score (nSPS) is 13.2. The molecule has 0 aromatic heterocycles. The van der Waals surface area contributed by atoms with Gasteiger partial charge in [0.25, 0.3) is 20.2 Å². The predicted molar refractivity (Wildman–Crippen MR) is 180 cm³/mol. The molecule has 8 nitrogen and oxygen atoms in total. The Balaban J connectivity index is 1.66. The third kappa shape index (κ3) is 7.51. The lowest BCUT2D eigenvalue weighted by atomic mass is 9.90. The van der Waals surface area contributed by atoms with E-state index in [9.17, 15) is 25.9 Å². The van der Waals surface area contributed by atoms with Crippen LogP contribution in [-0.4, -0.2) is 31.7 Å². The molecular weight excluding hydrogens is 702 g/mol. The van der Waals surface area contributed by atoms with Gasteiger partial charge in [-0.05, 0) is 77.4 Å². The second-order valence-electron chi connectivity index (χ2n) is 9.51. The van der Waals surface area contributed by atoms with Crippen LogP contribution in [0.25, 0.3) is 5.57 Å². The number of allylic oxidation sites excluding steroid dienone is 5. The summed E-state index contributed by atoms with van der Waals surface area (Å²) in [6.07, 6.45) is 6.64. The first kappa shape index (κ1) is 32.9. The molecule has 0 saturated carbocycles. The topological polar surface area (TPSA) is 133 Å². The molecule has 0 spiro atoms. The van der Waals surface area contributed by atoms with E-state index in [2.05, 4.69) is 10.3 Å². The van der Waals surface area contributed by atoms with Crippen molar-refractivity contribution in [2.24, 2.45) is 4.99 Å². The molecule has 0 radical (unpaired) electrons. The van der Waals surface area contributed by atoms with Crippen LogP contribution in [0.15, 0.2) is 124 Å². The number of hydrogen-bond acceptors (Lipinski definition) is 6.